The highest BCUT2D eigenvalue weighted by Gasteiger charge is 2.20. The third kappa shape index (κ3) is 6.37. The summed E-state index contributed by atoms with van der Waals surface area (Å²) in [5.74, 6) is 1.03. The maximum atomic E-state index is 13.1. The van der Waals surface area contributed by atoms with Gasteiger partial charge in [0.05, 0.1) is 10.2 Å². The predicted molar refractivity (Wildman–Crippen MR) is 134 cm³/mol. The summed E-state index contributed by atoms with van der Waals surface area (Å²) in [6.45, 7) is 1.45. The maximum Gasteiger partial charge on any atom is 0.228 e. The molecular weight excluding hydrogens is 454 g/mol. The molecule has 0 saturated heterocycles. The molecule has 0 aliphatic carbocycles. The van der Waals surface area contributed by atoms with E-state index >= 15 is 0 Å². The molecule has 0 atom stereocenters. The van der Waals surface area contributed by atoms with Gasteiger partial charge in [0.1, 0.15) is 0 Å². The number of carbonyl (C=O) groups excluding carboxylic acids is 1. The minimum atomic E-state index is 0.137. The first-order valence-corrected chi connectivity index (χ1v) is 13.2. The molecule has 3 aromatic rings. The van der Waals surface area contributed by atoms with E-state index in [1.165, 1.54) is 4.90 Å². The van der Waals surface area contributed by atoms with E-state index in [4.69, 9.17) is 16.6 Å². The van der Waals surface area contributed by atoms with Crippen molar-refractivity contribution in [3.8, 4) is 0 Å². The third-order valence-electron chi connectivity index (χ3n) is 4.51. The Labute approximate surface area is 196 Å². The number of anilines is 1. The first-order valence-electron chi connectivity index (χ1n) is 9.75. The van der Waals surface area contributed by atoms with Crippen molar-refractivity contribution in [2.24, 2.45) is 0 Å². The molecule has 4 nitrogen and oxygen atoms in total. The van der Waals surface area contributed by atoms with Crippen molar-refractivity contribution in [3.05, 3.63) is 47.5 Å². The highest BCUT2D eigenvalue weighted by molar-refractivity contribution is 7.99. The Morgan fingerprint density at radius 2 is 1.90 bits per heavy atom. The first-order chi connectivity index (χ1) is 14.5. The number of rotatable bonds is 10. The van der Waals surface area contributed by atoms with Gasteiger partial charge in [-0.3, -0.25) is 9.69 Å². The number of amides is 1. The Morgan fingerprint density at radius 3 is 2.60 bits per heavy atom. The molecule has 0 bridgehead atoms. The van der Waals surface area contributed by atoms with Crippen LogP contribution >= 0.6 is 46.5 Å². The molecule has 8 heteroatoms. The van der Waals surface area contributed by atoms with Gasteiger partial charge in [-0.05, 0) is 68.9 Å². The zero-order valence-electron chi connectivity index (χ0n) is 17.4. The Morgan fingerprint density at radius 1 is 1.13 bits per heavy atom. The molecule has 1 heterocycles. The number of thiazole rings is 1. The summed E-state index contributed by atoms with van der Waals surface area (Å²) >= 11 is 11.0. The molecule has 0 fully saturated rings. The monoisotopic (exact) mass is 479 g/mol. The van der Waals surface area contributed by atoms with E-state index < -0.39 is 0 Å². The molecular formula is C22H26ClN3OS3. The molecule has 160 valence electrons. The molecule has 0 aliphatic heterocycles. The first kappa shape index (κ1) is 23.4. The molecule has 30 heavy (non-hydrogen) atoms. The summed E-state index contributed by atoms with van der Waals surface area (Å²) in [5.41, 5.74) is 0.992. The number of fused-ring (bicyclic) bond motifs is 1. The van der Waals surface area contributed by atoms with Gasteiger partial charge in [0.15, 0.2) is 5.13 Å². The molecule has 1 aromatic heterocycles. The van der Waals surface area contributed by atoms with Crippen molar-refractivity contribution < 1.29 is 4.79 Å². The smallest absolute Gasteiger partial charge is 0.228 e. The number of aromatic nitrogens is 1. The SMILES string of the molecule is CSc1cccc2sc(N(CCN(C)C)C(=O)CCCSc3ccc(Cl)cc3)nc12. The lowest BCUT2D eigenvalue weighted by Gasteiger charge is -2.22. The van der Waals surface area contributed by atoms with Crippen molar-refractivity contribution >= 4 is 67.7 Å². The van der Waals surface area contributed by atoms with Crippen molar-refractivity contribution in [1.29, 1.82) is 0 Å². The van der Waals surface area contributed by atoms with Gasteiger partial charge < -0.3 is 4.90 Å². The van der Waals surface area contributed by atoms with Gasteiger partial charge in [0.25, 0.3) is 0 Å². The lowest BCUT2D eigenvalue weighted by Crippen LogP contribution is -2.36. The Balaban J connectivity index is 1.66. The summed E-state index contributed by atoms with van der Waals surface area (Å²) in [4.78, 5) is 24.2. The summed E-state index contributed by atoms with van der Waals surface area (Å²) < 4.78 is 1.12. The number of thioether (sulfide) groups is 2. The quantitative estimate of drug-likeness (QED) is 0.258. The summed E-state index contributed by atoms with van der Waals surface area (Å²) in [7, 11) is 4.05. The number of nitrogens with zero attached hydrogens (tertiary/aromatic N) is 3. The van der Waals surface area contributed by atoms with Gasteiger partial charge in [0, 0.05) is 34.3 Å². The lowest BCUT2D eigenvalue weighted by atomic mass is 10.3. The van der Waals surface area contributed by atoms with Gasteiger partial charge in [0.2, 0.25) is 5.91 Å². The van der Waals surface area contributed by atoms with E-state index in [1.54, 1.807) is 34.9 Å². The molecule has 0 saturated carbocycles. The van der Waals surface area contributed by atoms with Crippen molar-refractivity contribution in [2.45, 2.75) is 22.6 Å². The van der Waals surface area contributed by atoms with Crippen LogP contribution in [0.2, 0.25) is 5.02 Å². The fraction of sp³-hybridized carbons (Fsp3) is 0.364. The third-order valence-corrected chi connectivity index (χ3v) is 7.67. The average molecular weight is 480 g/mol. The predicted octanol–water partition coefficient (Wildman–Crippen LogP) is 6.14. The van der Waals surface area contributed by atoms with Crippen LogP contribution in [-0.4, -0.2) is 55.0 Å². The van der Waals surface area contributed by atoms with E-state index in [1.807, 2.05) is 43.3 Å². The largest absolute Gasteiger partial charge is 0.308 e. The van der Waals surface area contributed by atoms with Crippen LogP contribution in [0.3, 0.4) is 0 Å². The zero-order valence-corrected chi connectivity index (χ0v) is 20.6. The Kier molecular flexibility index (Phi) is 8.89. The van der Waals surface area contributed by atoms with Crippen LogP contribution in [0.4, 0.5) is 5.13 Å². The van der Waals surface area contributed by atoms with E-state index in [0.717, 1.165) is 44.0 Å². The molecule has 0 radical (unpaired) electrons. The van der Waals surface area contributed by atoms with E-state index in [-0.39, 0.29) is 5.91 Å². The van der Waals surface area contributed by atoms with Gasteiger partial charge in [-0.25, -0.2) is 4.98 Å². The van der Waals surface area contributed by atoms with Crippen LogP contribution < -0.4 is 4.90 Å². The second kappa shape index (κ2) is 11.4. The molecule has 0 spiro atoms. The minimum absolute atomic E-state index is 0.137. The second-order valence-electron chi connectivity index (χ2n) is 7.06. The molecule has 1 amide bonds. The van der Waals surface area contributed by atoms with Crippen LogP contribution in [0.1, 0.15) is 12.8 Å². The van der Waals surface area contributed by atoms with Gasteiger partial charge in [-0.1, -0.05) is 29.0 Å². The van der Waals surface area contributed by atoms with Crippen LogP contribution in [0.15, 0.2) is 52.3 Å². The number of hydrogen-bond acceptors (Lipinski definition) is 6. The van der Waals surface area contributed by atoms with Gasteiger partial charge in [-0.15, -0.1) is 23.5 Å². The van der Waals surface area contributed by atoms with Crippen LogP contribution in [0.25, 0.3) is 10.2 Å². The minimum Gasteiger partial charge on any atom is -0.308 e. The summed E-state index contributed by atoms with van der Waals surface area (Å²) in [6.07, 6.45) is 3.39. The standard InChI is InChI=1S/C22H26ClN3OS3/c1-25(2)13-14-26(22-24-21-18(28-3)6-4-7-19(21)30-22)20(27)8-5-15-29-17-11-9-16(23)10-12-17/h4,6-7,9-12H,5,8,13-15H2,1-3H3. The maximum absolute atomic E-state index is 13.1. The van der Waals surface area contributed by atoms with Crippen LogP contribution in [0, 0.1) is 0 Å². The van der Waals surface area contributed by atoms with E-state index in [2.05, 4.69) is 29.4 Å². The number of para-hydroxylation sites is 1. The molecule has 0 unspecified atom stereocenters. The fourth-order valence-electron chi connectivity index (χ4n) is 2.90. The number of halogens is 1. The highest BCUT2D eigenvalue weighted by atomic mass is 35.5. The normalized spacial score (nSPS) is 11.4. The number of carbonyl (C=O) groups is 1. The van der Waals surface area contributed by atoms with Gasteiger partial charge >= 0.3 is 0 Å². The second-order valence-corrected chi connectivity index (χ2v) is 10.5. The van der Waals surface area contributed by atoms with Gasteiger partial charge in [-0.2, -0.15) is 0 Å². The Bertz CT molecular complexity index is 975. The number of benzene rings is 2. The van der Waals surface area contributed by atoms with Crippen molar-refractivity contribution in [3.63, 3.8) is 0 Å². The van der Waals surface area contributed by atoms with Crippen molar-refractivity contribution in [2.75, 3.05) is 44.1 Å². The lowest BCUT2D eigenvalue weighted by molar-refractivity contribution is -0.118. The molecule has 3 rings (SSSR count). The van der Waals surface area contributed by atoms with Crippen molar-refractivity contribution in [1.82, 2.24) is 9.88 Å². The van der Waals surface area contributed by atoms with E-state index in [9.17, 15) is 4.79 Å². The Hall–Kier alpha value is -1.25. The van der Waals surface area contributed by atoms with Crippen LogP contribution in [0.5, 0.6) is 0 Å². The number of hydrogen-bond donors (Lipinski definition) is 0. The highest BCUT2D eigenvalue weighted by Crippen LogP contribution is 2.34. The molecule has 0 aliphatic rings. The average Bonchev–Trinajstić information content (AvgIpc) is 3.16. The van der Waals surface area contributed by atoms with E-state index in [0.29, 0.717) is 13.0 Å². The zero-order chi connectivity index (χ0) is 21.5. The van der Waals surface area contributed by atoms with Crippen LogP contribution in [-0.2, 0) is 4.79 Å². The fourth-order valence-corrected chi connectivity index (χ4v) is 5.54. The molecule has 0 N–H and O–H groups in total. The topological polar surface area (TPSA) is 36.4 Å². The summed E-state index contributed by atoms with van der Waals surface area (Å²) in [5, 5.41) is 1.54. The number of likely N-dealkylation sites (N-methyl/N-ethyl adjacent to an activating group) is 1. The summed E-state index contributed by atoms with van der Waals surface area (Å²) in [6, 6.07) is 14.0. The molecule has 2 aromatic carbocycles.